The average Bonchev–Trinajstić information content (AvgIpc) is 2.82. The van der Waals surface area contributed by atoms with Crippen LogP contribution in [0.5, 0.6) is 0 Å². The van der Waals surface area contributed by atoms with Gasteiger partial charge in [0, 0.05) is 17.8 Å². The molecule has 0 aliphatic carbocycles. The number of carbonyl (C=O) groups is 1. The molecule has 94 valence electrons. The van der Waals surface area contributed by atoms with Crippen molar-refractivity contribution < 1.29 is 4.79 Å². The fourth-order valence-corrected chi connectivity index (χ4v) is 2.04. The van der Waals surface area contributed by atoms with Gasteiger partial charge in [0.1, 0.15) is 0 Å². The second kappa shape index (κ2) is 5.32. The van der Waals surface area contributed by atoms with Crippen LogP contribution < -0.4 is 10.6 Å². The average molecular weight is 283 g/mol. The summed E-state index contributed by atoms with van der Waals surface area (Å²) in [6, 6.07) is 5.34. The van der Waals surface area contributed by atoms with E-state index in [1.165, 1.54) is 11.3 Å². The first kappa shape index (κ1) is 12.8. The molecule has 0 fully saturated rings. The van der Waals surface area contributed by atoms with Crippen LogP contribution in [-0.2, 0) is 0 Å². The molecule has 18 heavy (non-hydrogen) atoms. The van der Waals surface area contributed by atoms with Crippen molar-refractivity contribution in [2.45, 2.75) is 6.92 Å². The Morgan fingerprint density at radius 2 is 2.17 bits per heavy atom. The van der Waals surface area contributed by atoms with Gasteiger partial charge in [-0.05, 0) is 24.6 Å². The Morgan fingerprint density at radius 1 is 1.39 bits per heavy atom. The lowest BCUT2D eigenvalue weighted by molar-refractivity contribution is 0.102. The highest BCUT2D eigenvalue weighted by atomic mass is 35.5. The minimum atomic E-state index is -0.297. The fraction of sp³-hybridized carbons (Fsp3) is 0.182. The maximum absolute atomic E-state index is 11.9. The molecule has 0 aliphatic rings. The monoisotopic (exact) mass is 282 g/mol. The van der Waals surface area contributed by atoms with E-state index >= 15 is 0 Å². The van der Waals surface area contributed by atoms with Crippen LogP contribution in [0.1, 0.15) is 15.4 Å². The third-order valence-electron chi connectivity index (χ3n) is 2.26. The van der Waals surface area contributed by atoms with E-state index in [4.69, 9.17) is 11.6 Å². The first-order chi connectivity index (χ1) is 8.60. The minimum Gasteiger partial charge on any atom is -0.363 e. The lowest BCUT2D eigenvalue weighted by Gasteiger charge is -2.04. The predicted octanol–water partition coefficient (Wildman–Crippen LogP) is 2.79. The lowest BCUT2D eigenvalue weighted by Crippen LogP contribution is -2.11. The van der Waals surface area contributed by atoms with Gasteiger partial charge in [-0.25, -0.2) is 0 Å². The van der Waals surface area contributed by atoms with Crippen LogP contribution in [0.3, 0.4) is 0 Å². The number of aromatic nitrogens is 2. The Kier molecular flexibility index (Phi) is 3.78. The molecule has 0 aliphatic heterocycles. The van der Waals surface area contributed by atoms with Crippen LogP contribution in [0.2, 0.25) is 5.02 Å². The van der Waals surface area contributed by atoms with Gasteiger partial charge in [-0.15, -0.1) is 10.2 Å². The number of hydrogen-bond acceptors (Lipinski definition) is 5. The second-order valence-corrected chi connectivity index (χ2v) is 4.97. The highest BCUT2D eigenvalue weighted by Crippen LogP contribution is 2.21. The van der Waals surface area contributed by atoms with E-state index in [0.29, 0.717) is 20.8 Å². The van der Waals surface area contributed by atoms with Crippen LogP contribution in [0.25, 0.3) is 0 Å². The van der Waals surface area contributed by atoms with E-state index in [1.54, 1.807) is 19.2 Å². The zero-order chi connectivity index (χ0) is 13.1. The molecule has 0 bridgehead atoms. The van der Waals surface area contributed by atoms with Crippen LogP contribution >= 0.6 is 22.9 Å². The van der Waals surface area contributed by atoms with Gasteiger partial charge >= 0.3 is 0 Å². The Bertz CT molecular complexity index is 584. The number of rotatable bonds is 3. The molecule has 0 unspecified atom stereocenters. The summed E-state index contributed by atoms with van der Waals surface area (Å²) in [6.07, 6.45) is 0. The van der Waals surface area contributed by atoms with Crippen molar-refractivity contribution in [1.29, 1.82) is 0 Å². The van der Waals surface area contributed by atoms with Gasteiger partial charge in [0.05, 0.1) is 0 Å². The van der Waals surface area contributed by atoms with Crippen LogP contribution in [-0.4, -0.2) is 23.2 Å². The van der Waals surface area contributed by atoms with Crippen LogP contribution in [0.15, 0.2) is 18.2 Å². The fourth-order valence-electron chi connectivity index (χ4n) is 1.27. The molecule has 1 aromatic carbocycles. The zero-order valence-electron chi connectivity index (χ0n) is 9.82. The second-order valence-electron chi connectivity index (χ2n) is 3.58. The summed E-state index contributed by atoms with van der Waals surface area (Å²) in [5.41, 5.74) is 1.60. The summed E-state index contributed by atoms with van der Waals surface area (Å²) >= 11 is 7.17. The number of halogens is 1. The Hall–Kier alpha value is -1.66. The van der Waals surface area contributed by atoms with Crippen molar-refractivity contribution in [2.24, 2.45) is 0 Å². The molecular weight excluding hydrogens is 272 g/mol. The Balaban J connectivity index is 2.13. The quantitative estimate of drug-likeness (QED) is 0.908. The molecule has 5 nitrogen and oxygen atoms in total. The predicted molar refractivity (Wildman–Crippen MR) is 73.6 cm³/mol. The summed E-state index contributed by atoms with van der Waals surface area (Å²) in [5, 5.41) is 14.6. The van der Waals surface area contributed by atoms with Gasteiger partial charge in [0.15, 0.2) is 0 Å². The van der Waals surface area contributed by atoms with E-state index in [9.17, 15) is 4.79 Å². The van der Waals surface area contributed by atoms with E-state index in [-0.39, 0.29) is 5.91 Å². The molecule has 1 aromatic heterocycles. The number of benzene rings is 1. The Labute approximate surface area is 113 Å². The first-order valence-corrected chi connectivity index (χ1v) is 6.38. The number of nitrogens with one attached hydrogen (secondary N) is 2. The van der Waals surface area contributed by atoms with Gasteiger partial charge in [0.2, 0.25) is 10.1 Å². The molecule has 0 saturated carbocycles. The zero-order valence-corrected chi connectivity index (χ0v) is 11.4. The molecule has 2 N–H and O–H groups in total. The summed E-state index contributed by atoms with van der Waals surface area (Å²) < 4.78 is 0. The highest BCUT2D eigenvalue weighted by Gasteiger charge is 2.12. The van der Waals surface area contributed by atoms with E-state index in [1.807, 2.05) is 13.0 Å². The first-order valence-electron chi connectivity index (χ1n) is 5.19. The van der Waals surface area contributed by atoms with E-state index < -0.39 is 0 Å². The molecule has 0 saturated heterocycles. The lowest BCUT2D eigenvalue weighted by atomic mass is 10.2. The Morgan fingerprint density at radius 3 is 2.78 bits per heavy atom. The minimum absolute atomic E-state index is 0.297. The van der Waals surface area contributed by atoms with E-state index in [0.717, 1.165) is 5.56 Å². The number of amides is 1. The molecule has 1 heterocycles. The van der Waals surface area contributed by atoms with Crippen molar-refractivity contribution >= 4 is 39.7 Å². The van der Waals surface area contributed by atoms with Crippen molar-refractivity contribution in [3.05, 3.63) is 33.8 Å². The highest BCUT2D eigenvalue weighted by molar-refractivity contribution is 7.17. The maximum Gasteiger partial charge on any atom is 0.286 e. The number of aryl methyl sites for hydroxylation is 1. The molecule has 2 aromatic rings. The number of anilines is 2. The molecule has 0 atom stereocenters. The van der Waals surface area contributed by atoms with Crippen LogP contribution in [0, 0.1) is 6.92 Å². The third-order valence-corrected chi connectivity index (χ3v) is 3.61. The molecular formula is C11H11ClN4OS. The smallest absolute Gasteiger partial charge is 0.286 e. The van der Waals surface area contributed by atoms with Gasteiger partial charge in [-0.2, -0.15) is 0 Å². The number of hydrogen-bond donors (Lipinski definition) is 2. The molecule has 7 heteroatoms. The number of carbonyl (C=O) groups excluding carboxylic acids is 1. The van der Waals surface area contributed by atoms with Crippen LogP contribution in [0.4, 0.5) is 10.8 Å². The molecule has 0 spiro atoms. The van der Waals surface area contributed by atoms with Crippen molar-refractivity contribution in [1.82, 2.24) is 10.2 Å². The molecule has 1 amide bonds. The largest absolute Gasteiger partial charge is 0.363 e. The van der Waals surface area contributed by atoms with Crippen molar-refractivity contribution in [3.63, 3.8) is 0 Å². The van der Waals surface area contributed by atoms with Gasteiger partial charge in [0.25, 0.3) is 5.91 Å². The standard InChI is InChI=1S/C11H11ClN4OS/c1-6-3-4-7(5-8(6)12)14-9(17)10-15-16-11(13-2)18-10/h3-5H,1-2H3,(H,13,16)(H,14,17). The summed E-state index contributed by atoms with van der Waals surface area (Å²) in [5.74, 6) is -0.297. The van der Waals surface area contributed by atoms with Gasteiger partial charge < -0.3 is 10.6 Å². The summed E-state index contributed by atoms with van der Waals surface area (Å²) in [6.45, 7) is 1.90. The maximum atomic E-state index is 11.9. The number of nitrogens with zero attached hydrogens (tertiary/aromatic N) is 2. The molecule has 2 rings (SSSR count). The van der Waals surface area contributed by atoms with E-state index in [2.05, 4.69) is 20.8 Å². The van der Waals surface area contributed by atoms with Crippen molar-refractivity contribution in [2.75, 3.05) is 17.7 Å². The topological polar surface area (TPSA) is 66.9 Å². The summed E-state index contributed by atoms with van der Waals surface area (Å²) in [4.78, 5) is 11.9. The third kappa shape index (κ3) is 2.77. The SMILES string of the molecule is CNc1nnc(C(=O)Nc2ccc(C)c(Cl)c2)s1. The molecule has 0 radical (unpaired) electrons. The van der Waals surface area contributed by atoms with Gasteiger partial charge in [-0.1, -0.05) is 29.0 Å². The van der Waals surface area contributed by atoms with Gasteiger partial charge in [-0.3, -0.25) is 4.79 Å². The van der Waals surface area contributed by atoms with Crippen molar-refractivity contribution in [3.8, 4) is 0 Å². The normalized spacial score (nSPS) is 10.2. The summed E-state index contributed by atoms with van der Waals surface area (Å²) in [7, 11) is 1.72.